The molecule has 3 rings (SSSR count). The molecule has 2 aliphatic rings. The Kier molecular flexibility index (Phi) is 4.67. The molecule has 1 saturated heterocycles. The zero-order valence-electron chi connectivity index (χ0n) is 13.7. The Morgan fingerprint density at radius 1 is 1.24 bits per heavy atom. The van der Waals surface area contributed by atoms with Crippen LogP contribution in [-0.4, -0.2) is 35.6 Å². The minimum atomic E-state index is 0.232. The molecular formula is C17H29N3S. The van der Waals surface area contributed by atoms with Gasteiger partial charge in [-0.1, -0.05) is 20.8 Å². The largest absolute Gasteiger partial charge is 0.314 e. The van der Waals surface area contributed by atoms with E-state index in [1.807, 2.05) is 11.3 Å². The Morgan fingerprint density at radius 3 is 2.52 bits per heavy atom. The van der Waals surface area contributed by atoms with E-state index in [0.717, 1.165) is 18.5 Å². The lowest BCUT2D eigenvalue weighted by Gasteiger charge is -2.32. The summed E-state index contributed by atoms with van der Waals surface area (Å²) in [7, 11) is 0. The lowest BCUT2D eigenvalue weighted by Crippen LogP contribution is -2.42. The van der Waals surface area contributed by atoms with Gasteiger partial charge < -0.3 is 5.32 Å². The van der Waals surface area contributed by atoms with Crippen LogP contribution in [0.25, 0.3) is 0 Å². The second-order valence-electron chi connectivity index (χ2n) is 7.77. The fourth-order valence-corrected chi connectivity index (χ4v) is 3.89. The van der Waals surface area contributed by atoms with Gasteiger partial charge >= 0.3 is 0 Å². The maximum atomic E-state index is 4.62. The monoisotopic (exact) mass is 307 g/mol. The maximum absolute atomic E-state index is 4.62. The van der Waals surface area contributed by atoms with E-state index in [2.05, 4.69) is 42.2 Å². The molecule has 4 heteroatoms. The minimum absolute atomic E-state index is 0.232. The van der Waals surface area contributed by atoms with Crippen molar-refractivity contribution in [1.29, 1.82) is 0 Å². The molecule has 0 radical (unpaired) electrons. The number of hydrogen-bond acceptors (Lipinski definition) is 4. The fourth-order valence-electron chi connectivity index (χ4n) is 2.87. The number of piperidine rings is 1. The van der Waals surface area contributed by atoms with Crippen molar-refractivity contribution in [3.63, 3.8) is 0 Å². The van der Waals surface area contributed by atoms with Crippen LogP contribution in [0, 0.1) is 5.92 Å². The Hall–Kier alpha value is -0.450. The first-order valence-electron chi connectivity index (χ1n) is 8.41. The molecule has 1 saturated carbocycles. The summed E-state index contributed by atoms with van der Waals surface area (Å²) >= 11 is 1.89. The summed E-state index contributed by atoms with van der Waals surface area (Å²) < 4.78 is 0. The van der Waals surface area contributed by atoms with Crippen molar-refractivity contribution in [3.05, 3.63) is 16.1 Å². The Bertz CT molecular complexity index is 451. The van der Waals surface area contributed by atoms with Crippen LogP contribution in [0.15, 0.2) is 6.20 Å². The van der Waals surface area contributed by atoms with Gasteiger partial charge in [-0.2, -0.15) is 0 Å². The quantitative estimate of drug-likeness (QED) is 0.903. The SMILES string of the molecule is CC(C)(C)c1cnc(CN2CCC(NCC3CC3)CC2)s1. The van der Waals surface area contributed by atoms with Gasteiger partial charge in [-0.15, -0.1) is 11.3 Å². The first-order valence-corrected chi connectivity index (χ1v) is 9.23. The van der Waals surface area contributed by atoms with E-state index in [1.165, 1.54) is 55.2 Å². The average molecular weight is 308 g/mol. The second-order valence-corrected chi connectivity index (χ2v) is 8.89. The first kappa shape index (κ1) is 15.4. The summed E-state index contributed by atoms with van der Waals surface area (Å²) in [6, 6.07) is 0.753. The third-order valence-electron chi connectivity index (χ3n) is 4.63. The highest BCUT2D eigenvalue weighted by atomic mass is 32.1. The molecule has 0 bridgehead atoms. The highest BCUT2D eigenvalue weighted by Crippen LogP contribution is 2.29. The van der Waals surface area contributed by atoms with E-state index >= 15 is 0 Å². The Balaban J connectivity index is 1.43. The van der Waals surface area contributed by atoms with Crippen LogP contribution < -0.4 is 5.32 Å². The highest BCUT2D eigenvalue weighted by molar-refractivity contribution is 7.11. The number of nitrogens with one attached hydrogen (secondary N) is 1. The predicted octanol–water partition coefficient (Wildman–Crippen LogP) is 3.40. The van der Waals surface area contributed by atoms with Crippen molar-refractivity contribution in [1.82, 2.24) is 15.2 Å². The summed E-state index contributed by atoms with van der Waals surface area (Å²) in [6.07, 6.45) is 7.57. The molecule has 118 valence electrons. The molecule has 3 nitrogen and oxygen atoms in total. The van der Waals surface area contributed by atoms with Gasteiger partial charge in [0.2, 0.25) is 0 Å². The normalized spacial score (nSPS) is 21.9. The van der Waals surface area contributed by atoms with E-state index < -0.39 is 0 Å². The summed E-state index contributed by atoms with van der Waals surface area (Å²) in [5, 5.41) is 5.03. The second kappa shape index (κ2) is 6.35. The van der Waals surface area contributed by atoms with Crippen molar-refractivity contribution < 1.29 is 0 Å². The molecule has 2 heterocycles. The number of thiazole rings is 1. The third kappa shape index (κ3) is 4.51. The predicted molar refractivity (Wildman–Crippen MR) is 89.8 cm³/mol. The molecule has 1 aromatic heterocycles. The third-order valence-corrected chi connectivity index (χ3v) is 6.04. The van der Waals surface area contributed by atoms with E-state index in [-0.39, 0.29) is 5.41 Å². The molecule has 0 atom stereocenters. The Labute approximate surface area is 133 Å². The van der Waals surface area contributed by atoms with Gasteiger partial charge in [0, 0.05) is 30.2 Å². The summed E-state index contributed by atoms with van der Waals surface area (Å²) in [4.78, 5) is 8.60. The van der Waals surface area contributed by atoms with Gasteiger partial charge in [0.15, 0.2) is 0 Å². The van der Waals surface area contributed by atoms with Crippen molar-refractivity contribution >= 4 is 11.3 Å². The first-order chi connectivity index (χ1) is 10.0. The molecule has 1 N–H and O–H groups in total. The summed E-state index contributed by atoms with van der Waals surface area (Å²) in [6.45, 7) is 11.5. The van der Waals surface area contributed by atoms with E-state index in [1.54, 1.807) is 0 Å². The van der Waals surface area contributed by atoms with Crippen LogP contribution in [0.3, 0.4) is 0 Å². The van der Waals surface area contributed by atoms with Gasteiger partial charge in [0.25, 0.3) is 0 Å². The van der Waals surface area contributed by atoms with Crippen molar-refractivity contribution in [2.45, 2.75) is 64.5 Å². The van der Waals surface area contributed by atoms with Crippen molar-refractivity contribution in [2.75, 3.05) is 19.6 Å². The summed E-state index contributed by atoms with van der Waals surface area (Å²) in [5.41, 5.74) is 0.232. The van der Waals surface area contributed by atoms with Gasteiger partial charge in [-0.05, 0) is 43.6 Å². The molecule has 1 aliphatic carbocycles. The standard InChI is InChI=1S/C17H29N3S/c1-17(2,3)15-11-19-16(21-15)12-20-8-6-14(7-9-20)18-10-13-4-5-13/h11,13-14,18H,4-10,12H2,1-3H3. The van der Waals surface area contributed by atoms with Crippen LogP contribution in [0.4, 0.5) is 0 Å². The number of aromatic nitrogens is 1. The van der Waals surface area contributed by atoms with Gasteiger partial charge in [0.05, 0.1) is 6.54 Å². The topological polar surface area (TPSA) is 28.2 Å². The van der Waals surface area contributed by atoms with Crippen molar-refractivity contribution in [3.8, 4) is 0 Å². The molecule has 0 spiro atoms. The number of likely N-dealkylation sites (tertiary alicyclic amines) is 1. The molecule has 21 heavy (non-hydrogen) atoms. The number of hydrogen-bond donors (Lipinski definition) is 1. The van der Waals surface area contributed by atoms with Gasteiger partial charge in [-0.3, -0.25) is 4.90 Å². The smallest absolute Gasteiger partial charge is 0.107 e. The molecule has 1 aromatic rings. The number of nitrogens with zero attached hydrogens (tertiary/aromatic N) is 2. The lowest BCUT2D eigenvalue weighted by molar-refractivity contribution is 0.190. The average Bonchev–Trinajstić information content (AvgIpc) is 3.14. The van der Waals surface area contributed by atoms with E-state index in [4.69, 9.17) is 0 Å². The molecule has 0 aromatic carbocycles. The molecule has 0 unspecified atom stereocenters. The fraction of sp³-hybridized carbons (Fsp3) is 0.824. The maximum Gasteiger partial charge on any atom is 0.107 e. The molecule has 2 fully saturated rings. The summed E-state index contributed by atoms with van der Waals surface area (Å²) in [5.74, 6) is 0.995. The molecule has 1 aliphatic heterocycles. The van der Waals surface area contributed by atoms with Crippen LogP contribution >= 0.6 is 11.3 Å². The molecular weight excluding hydrogens is 278 g/mol. The minimum Gasteiger partial charge on any atom is -0.314 e. The zero-order chi connectivity index (χ0) is 14.9. The van der Waals surface area contributed by atoms with Gasteiger partial charge in [0.1, 0.15) is 5.01 Å². The Morgan fingerprint density at radius 2 is 1.95 bits per heavy atom. The lowest BCUT2D eigenvalue weighted by atomic mass is 9.96. The molecule has 0 amide bonds. The van der Waals surface area contributed by atoms with E-state index in [0.29, 0.717) is 0 Å². The van der Waals surface area contributed by atoms with Crippen LogP contribution in [-0.2, 0) is 12.0 Å². The van der Waals surface area contributed by atoms with Crippen LogP contribution in [0.1, 0.15) is 56.3 Å². The van der Waals surface area contributed by atoms with Crippen LogP contribution in [0.5, 0.6) is 0 Å². The van der Waals surface area contributed by atoms with Crippen LogP contribution in [0.2, 0.25) is 0 Å². The van der Waals surface area contributed by atoms with E-state index in [9.17, 15) is 0 Å². The zero-order valence-corrected chi connectivity index (χ0v) is 14.5. The van der Waals surface area contributed by atoms with Crippen molar-refractivity contribution in [2.24, 2.45) is 5.92 Å². The highest BCUT2D eigenvalue weighted by Gasteiger charge is 2.25. The van der Waals surface area contributed by atoms with Gasteiger partial charge in [-0.25, -0.2) is 4.98 Å². The number of rotatable bonds is 5.